The summed E-state index contributed by atoms with van der Waals surface area (Å²) in [6.07, 6.45) is 4.12. The van der Waals surface area contributed by atoms with E-state index in [1.54, 1.807) is 11.3 Å². The second kappa shape index (κ2) is 2.68. The van der Waals surface area contributed by atoms with Crippen LogP contribution in [0.25, 0.3) is 10.1 Å². The smallest absolute Gasteiger partial charge is 0.0610 e. The molecule has 1 N–H and O–H groups in total. The molecule has 0 spiro atoms. The quantitative estimate of drug-likeness (QED) is 0.723. The summed E-state index contributed by atoms with van der Waals surface area (Å²) in [6, 6.07) is 2.09. The van der Waals surface area contributed by atoms with Gasteiger partial charge in [0.25, 0.3) is 0 Å². The minimum atomic E-state index is 0.210. The molecule has 0 aliphatic heterocycles. The number of thiophene rings is 1. The summed E-state index contributed by atoms with van der Waals surface area (Å²) >= 11 is 1.73. The molecule has 2 rings (SSSR count). The van der Waals surface area contributed by atoms with E-state index >= 15 is 0 Å². The summed E-state index contributed by atoms with van der Waals surface area (Å²) in [4.78, 5) is 0. The number of aromatic nitrogens is 1. The van der Waals surface area contributed by atoms with E-state index in [1.807, 2.05) is 4.57 Å². The molecule has 0 unspecified atom stereocenters. The Labute approximate surface area is 68.7 Å². The van der Waals surface area contributed by atoms with Gasteiger partial charge in [-0.25, -0.2) is 0 Å². The first-order valence-electron chi connectivity index (χ1n) is 3.54. The van der Waals surface area contributed by atoms with E-state index in [0.29, 0.717) is 6.54 Å². The maximum atomic E-state index is 8.66. The van der Waals surface area contributed by atoms with Crippen LogP contribution in [0, 0.1) is 0 Å². The van der Waals surface area contributed by atoms with Crippen molar-refractivity contribution in [2.45, 2.75) is 6.54 Å². The summed E-state index contributed by atoms with van der Waals surface area (Å²) in [5.41, 5.74) is 0. The minimum Gasteiger partial charge on any atom is -0.395 e. The highest BCUT2D eigenvalue weighted by Crippen LogP contribution is 2.20. The van der Waals surface area contributed by atoms with Gasteiger partial charge in [-0.3, -0.25) is 0 Å². The molecular formula is C8H9NOS. The van der Waals surface area contributed by atoms with Crippen molar-refractivity contribution in [2.75, 3.05) is 6.61 Å². The van der Waals surface area contributed by atoms with Crippen molar-refractivity contribution in [1.82, 2.24) is 4.57 Å². The van der Waals surface area contributed by atoms with Crippen molar-refractivity contribution in [3.63, 3.8) is 0 Å². The van der Waals surface area contributed by atoms with Crippen LogP contribution in [0.1, 0.15) is 0 Å². The summed E-state index contributed by atoms with van der Waals surface area (Å²) in [6.45, 7) is 0.906. The van der Waals surface area contributed by atoms with Crippen molar-refractivity contribution in [2.24, 2.45) is 0 Å². The second-order valence-electron chi connectivity index (χ2n) is 2.46. The lowest BCUT2D eigenvalue weighted by atomic mass is 10.4. The number of aliphatic hydroxyl groups is 1. The van der Waals surface area contributed by atoms with Gasteiger partial charge >= 0.3 is 0 Å². The lowest BCUT2D eigenvalue weighted by molar-refractivity contribution is 0.276. The number of fused-ring (bicyclic) bond motifs is 1. The van der Waals surface area contributed by atoms with Gasteiger partial charge in [0.15, 0.2) is 0 Å². The van der Waals surface area contributed by atoms with E-state index < -0.39 is 0 Å². The van der Waals surface area contributed by atoms with Crippen LogP contribution in [0.2, 0.25) is 0 Å². The van der Waals surface area contributed by atoms with Gasteiger partial charge in [0.05, 0.1) is 11.3 Å². The van der Waals surface area contributed by atoms with Gasteiger partial charge < -0.3 is 9.67 Å². The minimum absolute atomic E-state index is 0.210. The summed E-state index contributed by atoms with van der Waals surface area (Å²) in [7, 11) is 0. The molecule has 0 aliphatic rings. The van der Waals surface area contributed by atoms with Crippen molar-refractivity contribution in [1.29, 1.82) is 0 Å². The molecule has 0 aliphatic carbocycles. The van der Waals surface area contributed by atoms with Gasteiger partial charge in [-0.05, 0) is 11.4 Å². The van der Waals surface area contributed by atoms with Crippen LogP contribution in [0.3, 0.4) is 0 Å². The monoisotopic (exact) mass is 167 g/mol. The number of aliphatic hydroxyl groups excluding tert-OH is 1. The molecule has 2 nitrogen and oxygen atoms in total. The maximum absolute atomic E-state index is 8.66. The molecule has 0 atom stereocenters. The second-order valence-corrected chi connectivity index (χ2v) is 3.41. The van der Waals surface area contributed by atoms with E-state index in [1.165, 1.54) is 10.1 Å². The fourth-order valence-electron chi connectivity index (χ4n) is 1.15. The SMILES string of the molecule is OCCn1cc2ccsc2c1. The predicted octanol–water partition coefficient (Wildman–Crippen LogP) is 1.70. The van der Waals surface area contributed by atoms with Gasteiger partial charge in [0, 0.05) is 24.3 Å². The molecule has 0 saturated heterocycles. The van der Waals surface area contributed by atoms with Crippen LogP contribution in [-0.2, 0) is 6.54 Å². The largest absolute Gasteiger partial charge is 0.395 e. The molecule has 3 heteroatoms. The van der Waals surface area contributed by atoms with E-state index in [0.717, 1.165) is 0 Å². The van der Waals surface area contributed by atoms with Crippen LogP contribution in [0.4, 0.5) is 0 Å². The van der Waals surface area contributed by atoms with Crippen LogP contribution in [0.5, 0.6) is 0 Å². The van der Waals surface area contributed by atoms with Crippen LogP contribution in [0.15, 0.2) is 23.8 Å². The molecule has 2 heterocycles. The average Bonchev–Trinajstić information content (AvgIpc) is 2.46. The fourth-order valence-corrected chi connectivity index (χ4v) is 1.97. The summed E-state index contributed by atoms with van der Waals surface area (Å²) < 4.78 is 3.31. The Morgan fingerprint density at radius 1 is 1.45 bits per heavy atom. The molecule has 0 aromatic carbocycles. The molecule has 2 aromatic heterocycles. The highest BCUT2D eigenvalue weighted by Gasteiger charge is 1.97. The van der Waals surface area contributed by atoms with Crippen LogP contribution >= 0.6 is 11.3 Å². The third-order valence-corrected chi connectivity index (χ3v) is 2.54. The normalized spacial score (nSPS) is 11.0. The molecule has 2 aromatic rings. The number of nitrogens with zero attached hydrogens (tertiary/aromatic N) is 1. The molecule has 58 valence electrons. The van der Waals surface area contributed by atoms with Crippen molar-refractivity contribution in [3.8, 4) is 0 Å². The Morgan fingerprint density at radius 2 is 2.36 bits per heavy atom. The lowest BCUT2D eigenvalue weighted by Gasteiger charge is -1.95. The highest BCUT2D eigenvalue weighted by atomic mass is 32.1. The lowest BCUT2D eigenvalue weighted by Crippen LogP contribution is -1.97. The Hall–Kier alpha value is -0.800. The molecule has 0 fully saturated rings. The molecule has 0 amide bonds. The molecule has 0 radical (unpaired) electrons. The van der Waals surface area contributed by atoms with Crippen molar-refractivity contribution in [3.05, 3.63) is 23.8 Å². The van der Waals surface area contributed by atoms with E-state index in [2.05, 4.69) is 23.8 Å². The predicted molar refractivity (Wildman–Crippen MR) is 46.9 cm³/mol. The zero-order valence-corrected chi connectivity index (χ0v) is 6.84. The zero-order chi connectivity index (χ0) is 7.68. The third-order valence-electron chi connectivity index (χ3n) is 1.67. The summed E-state index contributed by atoms with van der Waals surface area (Å²) in [5.74, 6) is 0. The topological polar surface area (TPSA) is 25.2 Å². The molecule has 11 heavy (non-hydrogen) atoms. The number of rotatable bonds is 2. The van der Waals surface area contributed by atoms with E-state index in [4.69, 9.17) is 5.11 Å². The average molecular weight is 167 g/mol. The molecule has 0 bridgehead atoms. The first-order chi connectivity index (χ1) is 5.40. The Balaban J connectivity index is 2.42. The number of hydrogen-bond donors (Lipinski definition) is 1. The van der Waals surface area contributed by atoms with Gasteiger partial charge in [-0.1, -0.05) is 0 Å². The fraction of sp³-hybridized carbons (Fsp3) is 0.250. The van der Waals surface area contributed by atoms with Crippen molar-refractivity contribution < 1.29 is 5.11 Å². The zero-order valence-electron chi connectivity index (χ0n) is 6.03. The van der Waals surface area contributed by atoms with Gasteiger partial charge in [-0.15, -0.1) is 11.3 Å². The summed E-state index contributed by atoms with van der Waals surface area (Å²) in [5, 5.41) is 12.0. The Bertz CT molecular complexity index is 321. The van der Waals surface area contributed by atoms with Gasteiger partial charge in [0.1, 0.15) is 0 Å². The van der Waals surface area contributed by atoms with Gasteiger partial charge in [0.2, 0.25) is 0 Å². The molecule has 0 saturated carbocycles. The third kappa shape index (κ3) is 1.17. The van der Waals surface area contributed by atoms with E-state index in [9.17, 15) is 0 Å². The molecular weight excluding hydrogens is 158 g/mol. The first kappa shape index (κ1) is 6.88. The standard InChI is InChI=1S/C8H9NOS/c10-3-2-9-5-7-1-4-11-8(7)6-9/h1,4-6,10H,2-3H2. The van der Waals surface area contributed by atoms with Crippen LogP contribution in [-0.4, -0.2) is 16.3 Å². The van der Waals surface area contributed by atoms with Gasteiger partial charge in [-0.2, -0.15) is 0 Å². The maximum Gasteiger partial charge on any atom is 0.0610 e. The Morgan fingerprint density at radius 3 is 3.09 bits per heavy atom. The van der Waals surface area contributed by atoms with E-state index in [-0.39, 0.29) is 6.61 Å². The first-order valence-corrected chi connectivity index (χ1v) is 4.42. The Kier molecular flexibility index (Phi) is 1.68. The van der Waals surface area contributed by atoms with Crippen molar-refractivity contribution >= 4 is 21.4 Å². The number of hydrogen-bond acceptors (Lipinski definition) is 2. The highest BCUT2D eigenvalue weighted by molar-refractivity contribution is 7.17. The van der Waals surface area contributed by atoms with Crippen LogP contribution < -0.4 is 0 Å².